The van der Waals surface area contributed by atoms with Crippen LogP contribution in [0, 0.1) is 6.92 Å². The third-order valence-corrected chi connectivity index (χ3v) is 6.02. The first kappa shape index (κ1) is 29.4. The molecule has 3 aromatic heterocycles. The van der Waals surface area contributed by atoms with Crippen molar-refractivity contribution in [2.45, 2.75) is 25.6 Å². The number of carboxylic acids is 2. The van der Waals surface area contributed by atoms with Gasteiger partial charge in [-0.2, -0.15) is 17.5 Å². The summed E-state index contributed by atoms with van der Waals surface area (Å²) in [7, 11) is 1.56. The number of pyridine rings is 2. The number of halogens is 3. The molecular formula is C21H22F3N7O7S. The molecule has 0 radical (unpaired) electrons. The van der Waals surface area contributed by atoms with Gasteiger partial charge in [0.2, 0.25) is 16.5 Å². The van der Waals surface area contributed by atoms with E-state index >= 15 is 0 Å². The van der Waals surface area contributed by atoms with Crippen LogP contribution in [0.4, 0.5) is 19.0 Å². The molecule has 3 aromatic rings. The van der Waals surface area contributed by atoms with Crippen molar-refractivity contribution in [2.24, 2.45) is 5.73 Å². The average Bonchev–Trinajstić information content (AvgIpc) is 3.35. The van der Waals surface area contributed by atoms with Gasteiger partial charge in [-0.15, -0.1) is 0 Å². The molecule has 0 aromatic carbocycles. The smallest absolute Gasteiger partial charge is 0.477 e. The second kappa shape index (κ2) is 11.7. The van der Waals surface area contributed by atoms with E-state index < -0.39 is 23.5 Å². The van der Waals surface area contributed by atoms with Crippen LogP contribution in [-0.2, 0) is 14.4 Å². The van der Waals surface area contributed by atoms with Crippen LogP contribution in [0.15, 0.2) is 23.4 Å². The molecular weight excluding hydrogens is 551 g/mol. The van der Waals surface area contributed by atoms with Crippen LogP contribution in [0.3, 0.4) is 0 Å². The van der Waals surface area contributed by atoms with Gasteiger partial charge in [0.1, 0.15) is 23.8 Å². The van der Waals surface area contributed by atoms with E-state index in [4.69, 9.17) is 20.5 Å². The number of amides is 1. The molecule has 0 saturated carbocycles. The van der Waals surface area contributed by atoms with Crippen molar-refractivity contribution in [1.82, 2.24) is 24.0 Å². The van der Waals surface area contributed by atoms with Gasteiger partial charge >= 0.3 is 18.1 Å². The van der Waals surface area contributed by atoms with Crippen molar-refractivity contribution in [2.75, 3.05) is 31.6 Å². The summed E-state index contributed by atoms with van der Waals surface area (Å²) in [6, 6.07) is 1.74. The van der Waals surface area contributed by atoms with E-state index in [0.717, 1.165) is 11.5 Å². The van der Waals surface area contributed by atoms with Crippen molar-refractivity contribution >= 4 is 46.2 Å². The molecule has 18 heteroatoms. The Morgan fingerprint density at radius 1 is 1.28 bits per heavy atom. The summed E-state index contributed by atoms with van der Waals surface area (Å²) in [5, 5.41) is 18.4. The Morgan fingerprint density at radius 3 is 2.44 bits per heavy atom. The Balaban J connectivity index is 0.000000532. The van der Waals surface area contributed by atoms with Crippen LogP contribution >= 0.6 is 11.5 Å². The predicted molar refractivity (Wildman–Crippen MR) is 130 cm³/mol. The van der Waals surface area contributed by atoms with Crippen LogP contribution in [0.1, 0.15) is 22.3 Å². The van der Waals surface area contributed by atoms with Crippen LogP contribution in [0.25, 0.3) is 16.2 Å². The molecule has 1 aliphatic heterocycles. The van der Waals surface area contributed by atoms with Gasteiger partial charge in [-0.05, 0) is 18.6 Å². The summed E-state index contributed by atoms with van der Waals surface area (Å²) in [6.07, 6.45) is -2.50. The number of carbonyl (C=O) groups is 3. The Bertz CT molecular complexity index is 1440. The summed E-state index contributed by atoms with van der Waals surface area (Å²) < 4.78 is 37.2. The summed E-state index contributed by atoms with van der Waals surface area (Å²) in [6.45, 7) is 2.98. The molecule has 4 rings (SSSR count). The quantitative estimate of drug-likeness (QED) is 0.337. The molecule has 210 valence electrons. The fraction of sp³-hybridized carbons (Fsp3) is 0.381. The predicted octanol–water partition coefficient (Wildman–Crippen LogP) is 0.805. The minimum atomic E-state index is -5.08. The number of nitrogens with two attached hydrogens (primary N) is 1. The number of aryl methyl sites for hydroxylation is 1. The number of fused-ring (bicyclic) bond motifs is 1. The molecule has 1 amide bonds. The molecule has 4 heterocycles. The molecule has 1 aliphatic rings. The lowest BCUT2D eigenvalue weighted by Gasteiger charge is -2.41. The normalized spacial score (nSPS) is 13.4. The summed E-state index contributed by atoms with van der Waals surface area (Å²) in [5.74, 6) is -3.67. The minimum Gasteiger partial charge on any atom is -0.477 e. The molecule has 14 nitrogen and oxygen atoms in total. The van der Waals surface area contributed by atoms with Crippen molar-refractivity contribution in [3.05, 3.63) is 39.9 Å². The first-order valence-electron chi connectivity index (χ1n) is 11.0. The van der Waals surface area contributed by atoms with E-state index in [1.807, 2.05) is 4.90 Å². The molecule has 0 unspecified atom stereocenters. The summed E-state index contributed by atoms with van der Waals surface area (Å²) in [4.78, 5) is 61.5. The number of hydrogen-bond donors (Lipinski definition) is 3. The van der Waals surface area contributed by atoms with Gasteiger partial charge < -0.3 is 20.8 Å². The van der Waals surface area contributed by atoms with Gasteiger partial charge in [-0.25, -0.2) is 24.6 Å². The molecule has 0 bridgehead atoms. The maximum Gasteiger partial charge on any atom is 0.490 e. The first-order chi connectivity index (χ1) is 18.2. The average molecular weight is 574 g/mol. The summed E-state index contributed by atoms with van der Waals surface area (Å²) in [5.41, 5.74) is 5.32. The zero-order valence-electron chi connectivity index (χ0n) is 20.4. The monoisotopic (exact) mass is 573 g/mol. The second-order valence-electron chi connectivity index (χ2n) is 8.13. The molecule has 1 saturated heterocycles. The van der Waals surface area contributed by atoms with Gasteiger partial charge in [0.15, 0.2) is 5.65 Å². The zero-order valence-corrected chi connectivity index (χ0v) is 21.2. The Kier molecular flexibility index (Phi) is 8.82. The number of hydrogen-bond acceptors (Lipinski definition) is 11. The maximum absolute atomic E-state index is 12.8. The highest BCUT2D eigenvalue weighted by molar-refractivity contribution is 7.08. The van der Waals surface area contributed by atoms with Crippen molar-refractivity contribution < 1.29 is 42.6 Å². The number of rotatable bonds is 7. The number of hydroxylamine groups is 2. The number of aromatic carboxylic acids is 1. The highest BCUT2D eigenvalue weighted by Crippen LogP contribution is 2.27. The van der Waals surface area contributed by atoms with Crippen LogP contribution in [0.2, 0.25) is 0 Å². The number of alkyl halides is 3. The van der Waals surface area contributed by atoms with Crippen molar-refractivity contribution in [1.29, 1.82) is 0 Å². The Labute approximate surface area is 221 Å². The SMILES string of the molecule is Cc1cc(N2CC(ON(C)C(=O)CCN)C2)nc2c1c(=O)c(C(=O)O)cn2-c1ncns1.O=C(O)C(F)(F)F. The number of aliphatic carboxylic acids is 1. The van der Waals surface area contributed by atoms with E-state index in [1.165, 1.54) is 22.2 Å². The van der Waals surface area contributed by atoms with Gasteiger partial charge in [0.05, 0.1) is 18.5 Å². The van der Waals surface area contributed by atoms with E-state index in [1.54, 1.807) is 20.0 Å². The molecule has 0 spiro atoms. The molecule has 39 heavy (non-hydrogen) atoms. The standard InChI is InChI=1S/C19H21N7O5S.C2HF3O2/c1-10-5-13(25-6-11(7-25)31-24(2)14(27)3-4-20)23-17-15(10)16(28)12(18(29)30)8-26(17)19-21-9-22-32-19;3-2(4,5)1(6)7/h5,8-9,11H,3-4,6-7,20H2,1-2H3,(H,29,30);(H,6,7). The van der Waals surface area contributed by atoms with Crippen LogP contribution < -0.4 is 16.1 Å². The number of carboxylic acid groups (broad SMARTS) is 2. The molecule has 0 atom stereocenters. The molecule has 0 aliphatic carbocycles. The second-order valence-corrected chi connectivity index (χ2v) is 8.89. The molecule has 1 fully saturated rings. The highest BCUT2D eigenvalue weighted by Gasteiger charge is 2.38. The van der Waals surface area contributed by atoms with Crippen molar-refractivity contribution in [3.63, 3.8) is 0 Å². The van der Waals surface area contributed by atoms with E-state index in [0.29, 0.717) is 35.2 Å². The lowest BCUT2D eigenvalue weighted by molar-refractivity contribution is -0.200. The van der Waals surface area contributed by atoms with Gasteiger partial charge in [0.25, 0.3) is 0 Å². The minimum absolute atomic E-state index is 0.194. The molecule has 4 N–H and O–H groups in total. The summed E-state index contributed by atoms with van der Waals surface area (Å²) >= 11 is 1.06. The van der Waals surface area contributed by atoms with Gasteiger partial charge in [0, 0.05) is 37.7 Å². The fourth-order valence-electron chi connectivity index (χ4n) is 3.47. The fourth-order valence-corrected chi connectivity index (χ4v) is 3.98. The van der Waals surface area contributed by atoms with Crippen LogP contribution in [0.5, 0.6) is 0 Å². The number of nitrogens with zero attached hydrogens (tertiary/aromatic N) is 6. The lowest BCUT2D eigenvalue weighted by Crippen LogP contribution is -2.55. The highest BCUT2D eigenvalue weighted by atomic mass is 32.1. The Hall–Kier alpha value is -4.16. The van der Waals surface area contributed by atoms with Gasteiger partial charge in [-0.3, -0.25) is 19.0 Å². The topological polar surface area (TPSA) is 194 Å². The third kappa shape index (κ3) is 6.65. The van der Waals surface area contributed by atoms with Crippen LogP contribution in [-0.4, -0.2) is 91.0 Å². The van der Waals surface area contributed by atoms with Crippen molar-refractivity contribution in [3.8, 4) is 5.13 Å². The third-order valence-electron chi connectivity index (χ3n) is 5.36. The number of anilines is 1. The largest absolute Gasteiger partial charge is 0.490 e. The lowest BCUT2D eigenvalue weighted by atomic mass is 10.1. The maximum atomic E-state index is 12.8. The van der Waals surface area contributed by atoms with E-state index in [2.05, 4.69) is 14.3 Å². The van der Waals surface area contributed by atoms with E-state index in [9.17, 15) is 32.7 Å². The Morgan fingerprint density at radius 2 is 1.92 bits per heavy atom. The zero-order chi connectivity index (χ0) is 29.1. The van der Waals surface area contributed by atoms with Gasteiger partial charge in [-0.1, -0.05) is 0 Å². The number of carbonyl (C=O) groups excluding carboxylic acids is 1. The number of aromatic nitrogens is 4. The first-order valence-corrected chi connectivity index (χ1v) is 11.8. The van der Waals surface area contributed by atoms with E-state index in [-0.39, 0.29) is 35.9 Å².